The molecule has 1 N–H and O–H groups in total. The summed E-state index contributed by atoms with van der Waals surface area (Å²) in [7, 11) is -0.980. The monoisotopic (exact) mass is 334 g/mol. The Labute approximate surface area is 134 Å². The fourth-order valence-electron chi connectivity index (χ4n) is 3.76. The van der Waals surface area contributed by atoms with Crippen molar-refractivity contribution in [1.82, 2.24) is 10.2 Å². The molecule has 124 valence electrons. The van der Waals surface area contributed by atoms with Crippen LogP contribution in [0.3, 0.4) is 0 Å². The van der Waals surface area contributed by atoms with E-state index < -0.39 is 9.84 Å². The number of hydrogen-bond donors (Lipinski definition) is 1. The van der Waals surface area contributed by atoms with Crippen molar-refractivity contribution in [1.29, 1.82) is 0 Å². The number of sulfone groups is 1. The van der Waals surface area contributed by atoms with Gasteiger partial charge in [0.1, 0.15) is 5.37 Å². The van der Waals surface area contributed by atoms with E-state index in [1.807, 2.05) is 7.05 Å². The molecule has 1 aliphatic carbocycles. The summed E-state index contributed by atoms with van der Waals surface area (Å²) in [5.74, 6) is 2.60. The van der Waals surface area contributed by atoms with Crippen molar-refractivity contribution in [2.24, 2.45) is 11.3 Å². The van der Waals surface area contributed by atoms with Gasteiger partial charge in [-0.3, -0.25) is 4.90 Å². The van der Waals surface area contributed by atoms with Gasteiger partial charge in [-0.1, -0.05) is 19.8 Å². The maximum Gasteiger partial charge on any atom is 0.164 e. The Morgan fingerprint density at radius 1 is 1.33 bits per heavy atom. The lowest BCUT2D eigenvalue weighted by atomic mass is 9.70. The van der Waals surface area contributed by atoms with Gasteiger partial charge < -0.3 is 5.32 Å². The largest absolute Gasteiger partial charge is 0.319 e. The van der Waals surface area contributed by atoms with Gasteiger partial charge in [-0.2, -0.15) is 11.8 Å². The second kappa shape index (κ2) is 7.20. The van der Waals surface area contributed by atoms with E-state index in [9.17, 15) is 8.42 Å². The molecule has 0 aromatic rings. The Morgan fingerprint density at radius 2 is 2.00 bits per heavy atom. The zero-order valence-corrected chi connectivity index (χ0v) is 15.2. The van der Waals surface area contributed by atoms with Gasteiger partial charge >= 0.3 is 0 Å². The van der Waals surface area contributed by atoms with E-state index >= 15 is 0 Å². The van der Waals surface area contributed by atoms with E-state index in [1.54, 1.807) is 11.8 Å². The van der Waals surface area contributed by atoms with Crippen molar-refractivity contribution < 1.29 is 8.42 Å². The molecule has 0 bridgehead atoms. The van der Waals surface area contributed by atoms with Crippen LogP contribution in [0.2, 0.25) is 0 Å². The van der Waals surface area contributed by atoms with Crippen LogP contribution in [0, 0.1) is 11.3 Å². The molecule has 1 saturated heterocycles. The van der Waals surface area contributed by atoms with Crippen LogP contribution >= 0.6 is 11.8 Å². The molecule has 0 aromatic carbocycles. The molecule has 1 aliphatic heterocycles. The van der Waals surface area contributed by atoms with Crippen LogP contribution in [0.15, 0.2) is 0 Å². The second-order valence-electron chi connectivity index (χ2n) is 7.04. The summed E-state index contributed by atoms with van der Waals surface area (Å²) >= 11 is 1.77. The third-order valence-electron chi connectivity index (χ3n) is 5.11. The summed E-state index contributed by atoms with van der Waals surface area (Å²) in [5, 5.41) is 3.07. The molecule has 1 heterocycles. The van der Waals surface area contributed by atoms with E-state index in [2.05, 4.69) is 17.1 Å². The lowest BCUT2D eigenvalue weighted by molar-refractivity contribution is 0.0862. The van der Waals surface area contributed by atoms with Crippen LogP contribution in [0.1, 0.15) is 32.6 Å². The average molecular weight is 335 g/mol. The van der Waals surface area contributed by atoms with Crippen LogP contribution in [-0.4, -0.2) is 63.1 Å². The average Bonchev–Trinajstić information content (AvgIpc) is 2.42. The minimum absolute atomic E-state index is 0.256. The van der Waals surface area contributed by atoms with Gasteiger partial charge in [0.05, 0.1) is 0 Å². The Morgan fingerprint density at radius 3 is 2.57 bits per heavy atom. The Balaban J connectivity index is 2.11. The molecule has 2 fully saturated rings. The van der Waals surface area contributed by atoms with Gasteiger partial charge in [0.25, 0.3) is 0 Å². The summed E-state index contributed by atoms with van der Waals surface area (Å²) in [6.45, 7) is 5.17. The maximum atomic E-state index is 12.1. The van der Waals surface area contributed by atoms with Gasteiger partial charge in [0, 0.05) is 37.4 Å². The third kappa shape index (κ3) is 4.60. The smallest absolute Gasteiger partial charge is 0.164 e. The predicted octanol–water partition coefficient (Wildman–Crippen LogP) is 1.82. The second-order valence-corrected chi connectivity index (χ2v) is 10.4. The summed E-state index contributed by atoms with van der Waals surface area (Å²) in [4.78, 5) is 2.25. The highest BCUT2D eigenvalue weighted by atomic mass is 32.2. The van der Waals surface area contributed by atoms with Crippen LogP contribution in [0.25, 0.3) is 0 Å². The number of nitrogens with one attached hydrogen (secondary N) is 1. The molecule has 4 nitrogen and oxygen atoms in total. The zero-order chi connectivity index (χ0) is 15.5. The Hall–Kier alpha value is 0.220. The fourth-order valence-corrected chi connectivity index (χ4v) is 6.70. The summed E-state index contributed by atoms with van der Waals surface area (Å²) in [5.41, 5.74) is 0.256. The normalized spacial score (nSPS) is 35.8. The van der Waals surface area contributed by atoms with E-state index in [1.165, 1.54) is 31.9 Å². The van der Waals surface area contributed by atoms with E-state index in [4.69, 9.17) is 0 Å². The minimum Gasteiger partial charge on any atom is -0.319 e. The molecular formula is C15H30N2O2S2. The van der Waals surface area contributed by atoms with Crippen molar-refractivity contribution in [3.8, 4) is 0 Å². The highest BCUT2D eigenvalue weighted by Gasteiger charge is 2.39. The first-order valence-electron chi connectivity index (χ1n) is 8.02. The highest BCUT2D eigenvalue weighted by Crippen LogP contribution is 2.40. The first-order valence-corrected chi connectivity index (χ1v) is 11.1. The lowest BCUT2D eigenvalue weighted by Crippen LogP contribution is -2.53. The summed E-state index contributed by atoms with van der Waals surface area (Å²) in [6, 6.07) is 0. The minimum atomic E-state index is -2.99. The standard InChI is InChI=1S/C15H30N2O2S2/c1-13-4-6-15(7-5-13,11-16-2)12-17-8-9-20-10-14(17)21(3,18)19/h13-14,16H,4-12H2,1-3H3. The van der Waals surface area contributed by atoms with E-state index in [0.29, 0.717) is 0 Å². The number of hydrogen-bond acceptors (Lipinski definition) is 5. The van der Waals surface area contributed by atoms with Crippen LogP contribution in [-0.2, 0) is 9.84 Å². The van der Waals surface area contributed by atoms with Crippen molar-refractivity contribution in [2.45, 2.75) is 38.0 Å². The van der Waals surface area contributed by atoms with Crippen molar-refractivity contribution in [3.05, 3.63) is 0 Å². The maximum absolute atomic E-state index is 12.1. The number of nitrogens with zero attached hydrogens (tertiary/aromatic N) is 1. The van der Waals surface area contributed by atoms with Crippen molar-refractivity contribution in [2.75, 3.05) is 44.4 Å². The molecule has 2 aliphatic rings. The molecule has 1 saturated carbocycles. The third-order valence-corrected chi connectivity index (χ3v) is 7.80. The summed E-state index contributed by atoms with van der Waals surface area (Å²) in [6.07, 6.45) is 6.37. The van der Waals surface area contributed by atoms with Crippen LogP contribution in [0.5, 0.6) is 0 Å². The fraction of sp³-hybridized carbons (Fsp3) is 1.00. The molecule has 1 unspecified atom stereocenters. The van der Waals surface area contributed by atoms with E-state index in [0.717, 1.165) is 37.1 Å². The van der Waals surface area contributed by atoms with Gasteiger partial charge in [-0.05, 0) is 31.2 Å². The van der Waals surface area contributed by atoms with Crippen LogP contribution < -0.4 is 5.32 Å². The van der Waals surface area contributed by atoms with Gasteiger partial charge in [-0.15, -0.1) is 0 Å². The first kappa shape index (κ1) is 17.6. The lowest BCUT2D eigenvalue weighted by Gasteiger charge is -2.45. The molecule has 0 amide bonds. The van der Waals surface area contributed by atoms with Gasteiger partial charge in [-0.25, -0.2) is 8.42 Å². The highest BCUT2D eigenvalue weighted by molar-refractivity contribution is 8.00. The molecule has 6 heteroatoms. The molecule has 1 atom stereocenters. The van der Waals surface area contributed by atoms with Gasteiger partial charge in [0.2, 0.25) is 0 Å². The Kier molecular flexibility index (Phi) is 6.02. The van der Waals surface area contributed by atoms with E-state index in [-0.39, 0.29) is 10.8 Å². The van der Waals surface area contributed by atoms with Crippen molar-refractivity contribution in [3.63, 3.8) is 0 Å². The van der Waals surface area contributed by atoms with Gasteiger partial charge in [0.15, 0.2) is 9.84 Å². The molecule has 2 rings (SSSR count). The number of rotatable bonds is 5. The topological polar surface area (TPSA) is 49.4 Å². The molecular weight excluding hydrogens is 304 g/mol. The zero-order valence-electron chi connectivity index (χ0n) is 13.6. The predicted molar refractivity (Wildman–Crippen MR) is 91.5 cm³/mol. The Bertz CT molecular complexity index is 431. The molecule has 0 spiro atoms. The SMILES string of the molecule is CNCC1(CN2CCSCC2S(C)(=O)=O)CCC(C)CC1. The van der Waals surface area contributed by atoms with Crippen LogP contribution in [0.4, 0.5) is 0 Å². The quantitative estimate of drug-likeness (QED) is 0.831. The van der Waals surface area contributed by atoms with Crippen molar-refractivity contribution >= 4 is 21.6 Å². The molecule has 0 radical (unpaired) electrons. The molecule has 0 aromatic heterocycles. The summed E-state index contributed by atoms with van der Waals surface area (Å²) < 4.78 is 24.2. The first-order chi connectivity index (χ1) is 9.86. The number of thioether (sulfide) groups is 1. The molecule has 21 heavy (non-hydrogen) atoms.